The smallest absolute Gasteiger partial charge is 0.382 e. The zero-order valence-electron chi connectivity index (χ0n) is 21.8. The van der Waals surface area contributed by atoms with Crippen molar-refractivity contribution in [2.75, 3.05) is 24.5 Å². The summed E-state index contributed by atoms with van der Waals surface area (Å²) in [6.07, 6.45) is -8.33. The van der Waals surface area contributed by atoms with Crippen LogP contribution >= 0.6 is 23.2 Å². The Hall–Kier alpha value is -3.59. The molecule has 1 amide bonds. The predicted molar refractivity (Wildman–Crippen MR) is 147 cm³/mol. The topological polar surface area (TPSA) is 129 Å². The molecule has 2 fully saturated rings. The molecule has 4 heterocycles. The van der Waals surface area contributed by atoms with Gasteiger partial charge in [-0.25, -0.2) is 0 Å². The number of aliphatic hydroxyl groups is 1. The number of aliphatic hydroxyl groups excluding tert-OH is 1. The molecule has 0 bridgehead atoms. The number of alkyl halides is 3. The molecule has 1 aromatic heterocycles. The maximum Gasteiger partial charge on any atom is 0.416 e. The molecule has 42 heavy (non-hydrogen) atoms. The summed E-state index contributed by atoms with van der Waals surface area (Å²) < 4.78 is 47.1. The number of hydrogen-bond donors (Lipinski definition) is 2. The predicted octanol–water partition coefficient (Wildman–Crippen LogP) is 2.97. The third-order valence-corrected chi connectivity index (χ3v) is 7.86. The van der Waals surface area contributed by atoms with E-state index in [2.05, 4.69) is 10.2 Å². The van der Waals surface area contributed by atoms with E-state index in [4.69, 9.17) is 38.7 Å². The van der Waals surface area contributed by atoms with Crippen molar-refractivity contribution in [2.45, 2.75) is 37.7 Å². The lowest BCUT2D eigenvalue weighted by molar-refractivity contribution is -0.206. The van der Waals surface area contributed by atoms with Crippen LogP contribution < -0.4 is 10.6 Å². The third kappa shape index (κ3) is 5.59. The average molecular weight is 625 g/mol. The van der Waals surface area contributed by atoms with Crippen LogP contribution in [0.15, 0.2) is 53.6 Å². The highest BCUT2D eigenvalue weighted by Crippen LogP contribution is 2.38. The van der Waals surface area contributed by atoms with E-state index in [1.807, 2.05) is 11.0 Å². The molecular weight excluding hydrogens is 600 g/mol. The van der Waals surface area contributed by atoms with E-state index in [1.54, 1.807) is 52.2 Å². The van der Waals surface area contributed by atoms with Gasteiger partial charge in [0.05, 0.1) is 23.2 Å². The number of anilines is 1. The number of halogens is 5. The highest BCUT2D eigenvalue weighted by atomic mass is 35.5. The molecule has 0 aliphatic carbocycles. The van der Waals surface area contributed by atoms with Crippen LogP contribution in [0.5, 0.6) is 0 Å². The number of ether oxygens (including phenoxy) is 1. The first-order valence-electron chi connectivity index (χ1n) is 13.0. The number of rotatable bonds is 8. The van der Waals surface area contributed by atoms with Crippen molar-refractivity contribution < 1.29 is 27.8 Å². The number of aromatic nitrogens is 3. The quantitative estimate of drug-likeness (QED) is 0.366. The largest absolute Gasteiger partial charge is 0.416 e. The molecule has 3 aliphatic heterocycles. The standard InChI is InChI=1S/C26H25Cl2F3N8O3/c27-16-7-5-14(6-8-16)22-35-38(24-23(42-24)37(22)12-19(40)26(29,30)31)13-20-33-25(36-10-9-15(11-36)21(32)41)39(34-20)18-4-2-1-3-17(18)28/h1-8,15,19,23-24,40H,9-13H2,(H2,32,41)/t15-,19-,23?,24?/m0/s1. The average Bonchev–Trinajstić information content (AvgIpc) is 3.40. The highest BCUT2D eigenvalue weighted by Gasteiger charge is 2.55. The highest BCUT2D eigenvalue weighted by molar-refractivity contribution is 6.32. The van der Waals surface area contributed by atoms with Gasteiger partial charge in [0.1, 0.15) is 6.54 Å². The van der Waals surface area contributed by atoms with Gasteiger partial charge in [-0.05, 0) is 42.8 Å². The first kappa shape index (κ1) is 28.5. The number of benzene rings is 2. The number of amidine groups is 1. The van der Waals surface area contributed by atoms with E-state index in [0.29, 0.717) is 52.6 Å². The van der Waals surface area contributed by atoms with Crippen LogP contribution in [0.25, 0.3) is 5.69 Å². The third-order valence-electron chi connectivity index (χ3n) is 7.28. The minimum atomic E-state index is -4.82. The van der Waals surface area contributed by atoms with E-state index >= 15 is 0 Å². The number of nitrogens with zero attached hydrogens (tertiary/aromatic N) is 7. The Bertz CT molecular complexity index is 1520. The normalized spacial score (nSPS) is 22.7. The molecule has 3 aromatic rings. The maximum atomic E-state index is 13.3. The Morgan fingerprint density at radius 1 is 1.14 bits per heavy atom. The van der Waals surface area contributed by atoms with Crippen molar-refractivity contribution in [3.63, 3.8) is 0 Å². The van der Waals surface area contributed by atoms with E-state index in [-0.39, 0.29) is 18.3 Å². The Morgan fingerprint density at radius 3 is 2.55 bits per heavy atom. The molecule has 3 aliphatic rings. The number of hydrazone groups is 1. The van der Waals surface area contributed by atoms with Crippen molar-refractivity contribution in [2.24, 2.45) is 16.8 Å². The Morgan fingerprint density at radius 2 is 1.88 bits per heavy atom. The number of para-hydroxylation sites is 1. The summed E-state index contributed by atoms with van der Waals surface area (Å²) in [5, 5.41) is 21.6. The van der Waals surface area contributed by atoms with Crippen LogP contribution in [0, 0.1) is 5.92 Å². The number of primary amides is 1. The molecule has 2 saturated heterocycles. The van der Waals surface area contributed by atoms with Gasteiger partial charge < -0.3 is 25.4 Å². The van der Waals surface area contributed by atoms with E-state index in [0.717, 1.165) is 0 Å². The van der Waals surface area contributed by atoms with Gasteiger partial charge in [-0.1, -0.05) is 35.3 Å². The number of epoxide rings is 1. The lowest BCUT2D eigenvalue weighted by Crippen LogP contribution is -2.50. The fourth-order valence-electron chi connectivity index (χ4n) is 5.05. The lowest BCUT2D eigenvalue weighted by Gasteiger charge is -2.32. The van der Waals surface area contributed by atoms with Crippen LogP contribution in [-0.4, -0.2) is 85.9 Å². The Balaban J connectivity index is 1.34. The van der Waals surface area contributed by atoms with Gasteiger partial charge in [0, 0.05) is 23.7 Å². The zero-order chi connectivity index (χ0) is 29.8. The number of carbonyl (C=O) groups is 1. The Labute approximate surface area is 247 Å². The molecule has 16 heteroatoms. The summed E-state index contributed by atoms with van der Waals surface area (Å²) in [5.41, 5.74) is 6.60. The minimum absolute atomic E-state index is 0.0471. The molecule has 2 unspecified atom stereocenters. The molecular formula is C26H25Cl2F3N8O3. The Kier molecular flexibility index (Phi) is 7.41. The van der Waals surface area contributed by atoms with Crippen molar-refractivity contribution in [1.29, 1.82) is 0 Å². The monoisotopic (exact) mass is 624 g/mol. The first-order chi connectivity index (χ1) is 20.0. The van der Waals surface area contributed by atoms with Crippen molar-refractivity contribution in [3.8, 4) is 5.69 Å². The van der Waals surface area contributed by atoms with Crippen molar-refractivity contribution in [3.05, 3.63) is 70.0 Å². The summed E-state index contributed by atoms with van der Waals surface area (Å²) in [6.45, 7) is 0.179. The van der Waals surface area contributed by atoms with Crippen molar-refractivity contribution in [1.82, 2.24) is 24.7 Å². The SMILES string of the molecule is NC(=O)[C@H]1CCN(c2nc(CN3N=C(c4ccc(Cl)cc4)N(C[C@H](O)C(F)(F)F)C4OC43)nn2-c2ccccc2Cl)C1. The van der Waals surface area contributed by atoms with Crippen LogP contribution in [-0.2, 0) is 16.1 Å². The molecule has 6 rings (SSSR count). The number of hydrogen-bond acceptors (Lipinski definition) is 9. The molecule has 222 valence electrons. The van der Waals surface area contributed by atoms with Gasteiger partial charge >= 0.3 is 6.18 Å². The second-order valence-corrected chi connectivity index (χ2v) is 11.0. The summed E-state index contributed by atoms with van der Waals surface area (Å²) in [6, 6.07) is 13.5. The van der Waals surface area contributed by atoms with Crippen LogP contribution in [0.2, 0.25) is 10.0 Å². The van der Waals surface area contributed by atoms with Gasteiger partial charge in [0.25, 0.3) is 0 Å². The number of carbonyl (C=O) groups excluding carboxylic acids is 1. The van der Waals surface area contributed by atoms with E-state index < -0.39 is 37.2 Å². The molecule has 4 atom stereocenters. The summed E-state index contributed by atoms with van der Waals surface area (Å²) in [5.74, 6) is 0.241. The fraction of sp³-hybridized carbons (Fsp3) is 0.385. The van der Waals surface area contributed by atoms with Gasteiger partial charge in [-0.3, -0.25) is 9.80 Å². The van der Waals surface area contributed by atoms with Crippen molar-refractivity contribution >= 4 is 40.9 Å². The number of amides is 1. The number of fused-ring (bicyclic) bond motifs is 1. The summed E-state index contributed by atoms with van der Waals surface area (Å²) in [7, 11) is 0. The second kappa shape index (κ2) is 10.9. The molecule has 11 nitrogen and oxygen atoms in total. The summed E-state index contributed by atoms with van der Waals surface area (Å²) >= 11 is 12.5. The molecule has 0 radical (unpaired) electrons. The second-order valence-electron chi connectivity index (χ2n) is 10.2. The minimum Gasteiger partial charge on any atom is -0.382 e. The first-order valence-corrected chi connectivity index (χ1v) is 13.8. The zero-order valence-corrected chi connectivity index (χ0v) is 23.3. The molecule has 0 spiro atoms. The fourth-order valence-corrected chi connectivity index (χ4v) is 5.39. The number of β-amino-alcohol motifs (C(OH)–C–C–N with tert-alkyl or cyclic N) is 1. The van der Waals surface area contributed by atoms with Crippen LogP contribution in [0.3, 0.4) is 0 Å². The maximum absolute atomic E-state index is 13.3. The van der Waals surface area contributed by atoms with E-state index in [1.165, 1.54) is 4.90 Å². The molecule has 3 N–H and O–H groups in total. The molecule has 2 aromatic carbocycles. The summed E-state index contributed by atoms with van der Waals surface area (Å²) in [4.78, 5) is 19.8. The van der Waals surface area contributed by atoms with Gasteiger partial charge in [0.15, 0.2) is 30.2 Å². The van der Waals surface area contributed by atoms with Crippen LogP contribution in [0.1, 0.15) is 17.8 Å². The van der Waals surface area contributed by atoms with Gasteiger partial charge in [0.2, 0.25) is 11.9 Å². The van der Waals surface area contributed by atoms with Crippen LogP contribution in [0.4, 0.5) is 19.1 Å². The van der Waals surface area contributed by atoms with E-state index in [9.17, 15) is 23.1 Å². The van der Waals surface area contributed by atoms with Gasteiger partial charge in [-0.2, -0.15) is 27.9 Å². The number of nitrogens with two attached hydrogens (primary N) is 1. The molecule has 0 saturated carbocycles. The van der Waals surface area contributed by atoms with Gasteiger partial charge in [-0.15, -0.1) is 5.10 Å². The lowest BCUT2D eigenvalue weighted by atomic mass is 10.1.